The molecule has 2 amide bonds. The molecule has 0 spiro atoms. The van der Waals surface area contributed by atoms with Crippen molar-refractivity contribution in [3.63, 3.8) is 0 Å². The summed E-state index contributed by atoms with van der Waals surface area (Å²) in [5.41, 5.74) is 0.427. The fraction of sp³-hybridized carbons (Fsp3) is 0.556. The first-order valence-electron chi connectivity index (χ1n) is 8.48. The van der Waals surface area contributed by atoms with Gasteiger partial charge in [-0.05, 0) is 37.4 Å². The second-order valence-corrected chi connectivity index (χ2v) is 6.43. The number of rotatable bonds is 7. The number of para-hydroxylation sites is 1. The standard InChI is InChI=1S/C18H27N3O3/c1-12(2)16(18(23)20-11-13-7-6-10-19-13)21-17(22)14-8-4-5-9-15(14)24-3/h4-5,8-9,12-13,16,19H,6-7,10-11H2,1-3H3,(H,20,23)(H,21,22). The van der Waals surface area contributed by atoms with Crippen molar-refractivity contribution in [2.45, 2.75) is 38.8 Å². The predicted octanol–water partition coefficient (Wildman–Crippen LogP) is 1.32. The Labute approximate surface area is 143 Å². The first-order chi connectivity index (χ1) is 11.5. The van der Waals surface area contributed by atoms with Gasteiger partial charge in [-0.15, -0.1) is 0 Å². The summed E-state index contributed by atoms with van der Waals surface area (Å²) in [4.78, 5) is 25.0. The van der Waals surface area contributed by atoms with E-state index in [9.17, 15) is 9.59 Å². The van der Waals surface area contributed by atoms with Crippen molar-refractivity contribution in [2.75, 3.05) is 20.2 Å². The molecule has 0 aliphatic carbocycles. The van der Waals surface area contributed by atoms with E-state index in [0.717, 1.165) is 19.4 Å². The average molecular weight is 333 g/mol. The summed E-state index contributed by atoms with van der Waals surface area (Å²) in [5.74, 6) is 0.0236. The Morgan fingerprint density at radius 3 is 2.71 bits per heavy atom. The van der Waals surface area contributed by atoms with Crippen molar-refractivity contribution >= 4 is 11.8 Å². The van der Waals surface area contributed by atoms with Crippen LogP contribution in [-0.4, -0.2) is 44.1 Å². The lowest BCUT2D eigenvalue weighted by molar-refractivity contribution is -0.124. The Hall–Kier alpha value is -2.08. The molecular formula is C18H27N3O3. The van der Waals surface area contributed by atoms with Gasteiger partial charge in [0.25, 0.3) is 5.91 Å². The number of carbonyl (C=O) groups is 2. The Morgan fingerprint density at radius 2 is 2.08 bits per heavy atom. The molecule has 0 saturated carbocycles. The highest BCUT2D eigenvalue weighted by molar-refractivity contribution is 5.99. The number of hydrogen-bond acceptors (Lipinski definition) is 4. The Kier molecular flexibility index (Phi) is 6.61. The van der Waals surface area contributed by atoms with Crippen LogP contribution in [0, 0.1) is 5.92 Å². The van der Waals surface area contributed by atoms with E-state index in [-0.39, 0.29) is 17.7 Å². The SMILES string of the molecule is COc1ccccc1C(=O)NC(C(=O)NCC1CCCN1)C(C)C. The molecular weight excluding hydrogens is 306 g/mol. The fourth-order valence-electron chi connectivity index (χ4n) is 2.85. The third-order valence-corrected chi connectivity index (χ3v) is 4.27. The monoisotopic (exact) mass is 333 g/mol. The van der Waals surface area contributed by atoms with Crippen LogP contribution >= 0.6 is 0 Å². The molecule has 6 heteroatoms. The van der Waals surface area contributed by atoms with E-state index in [4.69, 9.17) is 4.74 Å². The van der Waals surface area contributed by atoms with Gasteiger partial charge in [-0.25, -0.2) is 0 Å². The van der Waals surface area contributed by atoms with Gasteiger partial charge in [0.1, 0.15) is 11.8 Å². The molecule has 1 aromatic carbocycles. The second-order valence-electron chi connectivity index (χ2n) is 6.43. The normalized spacial score (nSPS) is 18.2. The van der Waals surface area contributed by atoms with Gasteiger partial charge < -0.3 is 20.7 Å². The van der Waals surface area contributed by atoms with Crippen LogP contribution in [0.3, 0.4) is 0 Å². The number of benzene rings is 1. The van der Waals surface area contributed by atoms with Crippen LogP contribution in [0.4, 0.5) is 0 Å². The van der Waals surface area contributed by atoms with Crippen LogP contribution in [-0.2, 0) is 4.79 Å². The van der Waals surface area contributed by atoms with Gasteiger partial charge in [-0.1, -0.05) is 26.0 Å². The van der Waals surface area contributed by atoms with Crippen molar-refractivity contribution in [1.82, 2.24) is 16.0 Å². The van der Waals surface area contributed by atoms with Gasteiger partial charge in [-0.3, -0.25) is 9.59 Å². The van der Waals surface area contributed by atoms with E-state index < -0.39 is 6.04 Å². The lowest BCUT2D eigenvalue weighted by Gasteiger charge is -2.23. The fourth-order valence-corrected chi connectivity index (χ4v) is 2.85. The van der Waals surface area contributed by atoms with Crippen LogP contribution < -0.4 is 20.7 Å². The van der Waals surface area contributed by atoms with Gasteiger partial charge in [0.05, 0.1) is 12.7 Å². The van der Waals surface area contributed by atoms with Gasteiger partial charge >= 0.3 is 0 Å². The van der Waals surface area contributed by atoms with Gasteiger partial charge in [0, 0.05) is 12.6 Å². The lowest BCUT2D eigenvalue weighted by atomic mass is 10.0. The average Bonchev–Trinajstić information content (AvgIpc) is 3.10. The molecule has 0 radical (unpaired) electrons. The number of hydrogen-bond donors (Lipinski definition) is 3. The zero-order valence-electron chi connectivity index (χ0n) is 14.6. The topological polar surface area (TPSA) is 79.5 Å². The van der Waals surface area contributed by atoms with Crippen LogP contribution in [0.1, 0.15) is 37.0 Å². The lowest BCUT2D eigenvalue weighted by Crippen LogP contribution is -2.51. The third-order valence-electron chi connectivity index (χ3n) is 4.27. The van der Waals surface area contributed by atoms with Crippen LogP contribution in [0.5, 0.6) is 5.75 Å². The highest BCUT2D eigenvalue weighted by Gasteiger charge is 2.26. The molecule has 6 nitrogen and oxygen atoms in total. The molecule has 1 aromatic rings. The third kappa shape index (κ3) is 4.71. The van der Waals surface area contributed by atoms with Gasteiger partial charge in [0.2, 0.25) is 5.91 Å². The van der Waals surface area contributed by atoms with E-state index in [1.54, 1.807) is 24.3 Å². The highest BCUT2D eigenvalue weighted by atomic mass is 16.5. The van der Waals surface area contributed by atoms with E-state index >= 15 is 0 Å². The van der Waals surface area contributed by atoms with E-state index in [2.05, 4.69) is 16.0 Å². The maximum absolute atomic E-state index is 12.5. The highest BCUT2D eigenvalue weighted by Crippen LogP contribution is 2.17. The van der Waals surface area contributed by atoms with Crippen molar-refractivity contribution < 1.29 is 14.3 Å². The molecule has 1 saturated heterocycles. The summed E-state index contributed by atoms with van der Waals surface area (Å²) >= 11 is 0. The van der Waals surface area contributed by atoms with Crippen molar-refractivity contribution in [1.29, 1.82) is 0 Å². The Morgan fingerprint density at radius 1 is 1.33 bits per heavy atom. The number of nitrogens with one attached hydrogen (secondary N) is 3. The van der Waals surface area contributed by atoms with Gasteiger partial charge in [-0.2, -0.15) is 0 Å². The van der Waals surface area contributed by atoms with Crippen LogP contribution in [0.15, 0.2) is 24.3 Å². The predicted molar refractivity (Wildman–Crippen MR) is 93.1 cm³/mol. The molecule has 1 heterocycles. The number of amides is 2. The number of ether oxygens (including phenoxy) is 1. The Bertz CT molecular complexity index is 568. The minimum Gasteiger partial charge on any atom is -0.496 e. The van der Waals surface area contributed by atoms with Crippen LogP contribution in [0.25, 0.3) is 0 Å². The molecule has 2 atom stereocenters. The minimum atomic E-state index is -0.580. The summed E-state index contributed by atoms with van der Waals surface area (Å²) < 4.78 is 5.21. The molecule has 132 valence electrons. The molecule has 24 heavy (non-hydrogen) atoms. The molecule has 1 aliphatic heterocycles. The first-order valence-corrected chi connectivity index (χ1v) is 8.48. The quantitative estimate of drug-likeness (QED) is 0.703. The number of methoxy groups -OCH3 is 1. The maximum atomic E-state index is 12.5. The molecule has 1 fully saturated rings. The van der Waals surface area contributed by atoms with Crippen molar-refractivity contribution in [3.05, 3.63) is 29.8 Å². The molecule has 2 unspecified atom stereocenters. The summed E-state index contributed by atoms with van der Waals surface area (Å²) in [6.07, 6.45) is 2.21. The van der Waals surface area contributed by atoms with Crippen molar-refractivity contribution in [2.24, 2.45) is 5.92 Å². The van der Waals surface area contributed by atoms with Gasteiger partial charge in [0.15, 0.2) is 0 Å². The Balaban J connectivity index is 1.99. The smallest absolute Gasteiger partial charge is 0.255 e. The summed E-state index contributed by atoms with van der Waals surface area (Å²) in [6, 6.07) is 6.73. The number of carbonyl (C=O) groups excluding carboxylic acids is 2. The summed E-state index contributed by atoms with van der Waals surface area (Å²) in [7, 11) is 1.52. The summed E-state index contributed by atoms with van der Waals surface area (Å²) in [5, 5.41) is 9.12. The van der Waals surface area contributed by atoms with E-state index in [0.29, 0.717) is 23.9 Å². The largest absolute Gasteiger partial charge is 0.496 e. The van der Waals surface area contributed by atoms with E-state index in [1.807, 2.05) is 13.8 Å². The molecule has 0 aromatic heterocycles. The summed E-state index contributed by atoms with van der Waals surface area (Å²) in [6.45, 7) is 5.42. The first kappa shape index (κ1) is 18.3. The zero-order chi connectivity index (χ0) is 17.5. The minimum absolute atomic E-state index is 0.0137. The molecule has 0 bridgehead atoms. The molecule has 3 N–H and O–H groups in total. The maximum Gasteiger partial charge on any atom is 0.255 e. The van der Waals surface area contributed by atoms with Crippen LogP contribution in [0.2, 0.25) is 0 Å². The van der Waals surface area contributed by atoms with Crippen molar-refractivity contribution in [3.8, 4) is 5.75 Å². The van der Waals surface area contributed by atoms with E-state index in [1.165, 1.54) is 7.11 Å². The zero-order valence-corrected chi connectivity index (χ0v) is 14.6. The second kappa shape index (κ2) is 8.68. The molecule has 1 aliphatic rings. The molecule has 2 rings (SSSR count).